The third kappa shape index (κ3) is 3.84. The largest absolute Gasteiger partial charge is 0.495 e. The maximum Gasteiger partial charge on any atom is 0.328 e. The molecule has 8 heteroatoms. The Morgan fingerprint density at radius 3 is 2.55 bits per heavy atom. The number of hydrogen-bond acceptors (Lipinski definition) is 6. The molecule has 0 atom stereocenters. The Morgan fingerprint density at radius 2 is 1.79 bits per heavy atom. The standard InChI is InChI=1S/C21H25N5O3/c1-29-19-5-3-2-4-18(19)25-11-8-24(9-12-25)10-13-26-20(27)16-14-15(22)6-7-17(16)23-21(26)28/h2-7,14H,8-13,22H2,1H3,(H,23,28). The number of methoxy groups -OCH3 is 1. The van der Waals surface area contributed by atoms with Crippen molar-refractivity contribution in [2.75, 3.05) is 50.5 Å². The summed E-state index contributed by atoms with van der Waals surface area (Å²) in [4.78, 5) is 32.4. The first-order valence-electron chi connectivity index (χ1n) is 9.69. The highest BCUT2D eigenvalue weighted by Gasteiger charge is 2.20. The average Bonchev–Trinajstić information content (AvgIpc) is 2.74. The van der Waals surface area contributed by atoms with E-state index in [4.69, 9.17) is 10.5 Å². The minimum atomic E-state index is -0.389. The molecule has 2 aromatic carbocycles. The maximum absolute atomic E-state index is 12.7. The van der Waals surface area contributed by atoms with Gasteiger partial charge in [-0.2, -0.15) is 0 Å². The van der Waals surface area contributed by atoms with Crippen molar-refractivity contribution < 1.29 is 4.74 Å². The second-order valence-electron chi connectivity index (χ2n) is 7.19. The number of fused-ring (bicyclic) bond motifs is 1. The van der Waals surface area contributed by atoms with Crippen LogP contribution in [0, 0.1) is 0 Å². The Morgan fingerprint density at radius 1 is 1.03 bits per heavy atom. The summed E-state index contributed by atoms with van der Waals surface area (Å²) in [5.41, 5.74) is 7.20. The van der Waals surface area contributed by atoms with Gasteiger partial charge in [-0.05, 0) is 30.3 Å². The van der Waals surface area contributed by atoms with Crippen molar-refractivity contribution in [2.24, 2.45) is 0 Å². The number of para-hydroxylation sites is 2. The normalized spacial score (nSPS) is 15.0. The van der Waals surface area contributed by atoms with Gasteiger partial charge in [0, 0.05) is 45.0 Å². The average molecular weight is 395 g/mol. The first-order valence-corrected chi connectivity index (χ1v) is 9.69. The lowest BCUT2D eigenvalue weighted by atomic mass is 10.2. The number of nitrogen functional groups attached to an aromatic ring is 1. The minimum Gasteiger partial charge on any atom is -0.495 e. The lowest BCUT2D eigenvalue weighted by Gasteiger charge is -2.36. The zero-order chi connectivity index (χ0) is 20.4. The number of nitrogens with one attached hydrogen (secondary N) is 1. The molecule has 1 aromatic heterocycles. The van der Waals surface area contributed by atoms with Gasteiger partial charge in [-0.15, -0.1) is 0 Å². The minimum absolute atomic E-state index is 0.302. The van der Waals surface area contributed by atoms with E-state index in [1.54, 1.807) is 25.3 Å². The van der Waals surface area contributed by atoms with Crippen LogP contribution in [0.25, 0.3) is 10.9 Å². The Kier molecular flexibility index (Phi) is 5.26. The molecule has 152 valence electrons. The molecule has 1 aliphatic rings. The third-order valence-electron chi connectivity index (χ3n) is 5.44. The summed E-state index contributed by atoms with van der Waals surface area (Å²) < 4.78 is 6.72. The number of aromatic amines is 1. The number of rotatable bonds is 5. The number of hydrogen-bond donors (Lipinski definition) is 2. The molecular formula is C21H25N5O3. The number of anilines is 2. The molecule has 0 radical (unpaired) electrons. The lowest BCUT2D eigenvalue weighted by molar-refractivity contribution is 0.245. The smallest absolute Gasteiger partial charge is 0.328 e. The Labute approximate surface area is 168 Å². The molecule has 29 heavy (non-hydrogen) atoms. The van der Waals surface area contributed by atoms with E-state index in [0.29, 0.717) is 29.7 Å². The summed E-state index contributed by atoms with van der Waals surface area (Å²) in [5.74, 6) is 0.870. The van der Waals surface area contributed by atoms with Gasteiger partial charge in [0.05, 0.1) is 23.7 Å². The van der Waals surface area contributed by atoms with Crippen LogP contribution in [-0.2, 0) is 6.54 Å². The number of nitrogens with two attached hydrogens (primary N) is 1. The highest BCUT2D eigenvalue weighted by molar-refractivity contribution is 5.80. The summed E-state index contributed by atoms with van der Waals surface area (Å²) in [6.45, 7) is 4.40. The van der Waals surface area contributed by atoms with E-state index < -0.39 is 0 Å². The number of benzene rings is 2. The maximum atomic E-state index is 12.7. The molecule has 1 aliphatic heterocycles. The predicted octanol–water partition coefficient (Wildman–Crippen LogP) is 1.10. The zero-order valence-electron chi connectivity index (χ0n) is 16.4. The van der Waals surface area contributed by atoms with Gasteiger partial charge in [0.25, 0.3) is 5.56 Å². The lowest BCUT2D eigenvalue weighted by Crippen LogP contribution is -2.48. The molecule has 0 amide bonds. The molecule has 8 nitrogen and oxygen atoms in total. The SMILES string of the molecule is COc1ccccc1N1CCN(CCn2c(=O)[nH]c3ccc(N)cc3c2=O)CC1. The van der Waals surface area contributed by atoms with Crippen molar-refractivity contribution >= 4 is 22.3 Å². The Bertz CT molecular complexity index is 1130. The molecule has 2 heterocycles. The van der Waals surface area contributed by atoms with Crippen molar-refractivity contribution in [1.82, 2.24) is 14.5 Å². The fourth-order valence-corrected chi connectivity index (χ4v) is 3.82. The molecule has 0 saturated carbocycles. The molecule has 0 aliphatic carbocycles. The summed E-state index contributed by atoms with van der Waals surface area (Å²) in [6.07, 6.45) is 0. The van der Waals surface area contributed by atoms with Gasteiger partial charge in [0.1, 0.15) is 5.75 Å². The van der Waals surface area contributed by atoms with Crippen LogP contribution in [0.1, 0.15) is 0 Å². The van der Waals surface area contributed by atoms with Gasteiger partial charge in [0.2, 0.25) is 0 Å². The Hall–Kier alpha value is -3.26. The van der Waals surface area contributed by atoms with E-state index >= 15 is 0 Å². The number of ether oxygens (including phenoxy) is 1. The highest BCUT2D eigenvalue weighted by Crippen LogP contribution is 2.28. The molecule has 1 fully saturated rings. The second-order valence-corrected chi connectivity index (χ2v) is 7.19. The fraction of sp³-hybridized carbons (Fsp3) is 0.333. The third-order valence-corrected chi connectivity index (χ3v) is 5.44. The van der Waals surface area contributed by atoms with Crippen LogP contribution in [0.3, 0.4) is 0 Å². The fourth-order valence-electron chi connectivity index (χ4n) is 3.82. The molecule has 0 spiro atoms. The van der Waals surface area contributed by atoms with Gasteiger partial charge in [-0.25, -0.2) is 4.79 Å². The quantitative estimate of drug-likeness (QED) is 0.628. The van der Waals surface area contributed by atoms with E-state index in [1.807, 2.05) is 18.2 Å². The molecular weight excluding hydrogens is 370 g/mol. The molecule has 3 aromatic rings. The highest BCUT2D eigenvalue weighted by atomic mass is 16.5. The van der Waals surface area contributed by atoms with Crippen LogP contribution in [-0.4, -0.2) is 54.3 Å². The van der Waals surface area contributed by atoms with Crippen molar-refractivity contribution in [3.05, 3.63) is 63.3 Å². The summed E-state index contributed by atoms with van der Waals surface area (Å²) >= 11 is 0. The van der Waals surface area contributed by atoms with Crippen molar-refractivity contribution in [1.29, 1.82) is 0 Å². The summed E-state index contributed by atoms with van der Waals surface area (Å²) in [6, 6.07) is 12.9. The van der Waals surface area contributed by atoms with Crippen LogP contribution >= 0.6 is 0 Å². The van der Waals surface area contributed by atoms with Crippen LogP contribution in [0.15, 0.2) is 52.1 Å². The first kappa shape index (κ1) is 19.1. The first-order chi connectivity index (χ1) is 14.1. The molecule has 4 rings (SSSR count). The van der Waals surface area contributed by atoms with E-state index in [-0.39, 0.29) is 11.2 Å². The van der Waals surface area contributed by atoms with E-state index in [0.717, 1.165) is 37.6 Å². The molecule has 0 bridgehead atoms. The van der Waals surface area contributed by atoms with E-state index in [2.05, 4.69) is 20.9 Å². The summed E-state index contributed by atoms with van der Waals surface area (Å²) in [5, 5.41) is 0.436. The number of nitrogens with zero attached hydrogens (tertiary/aromatic N) is 3. The van der Waals surface area contributed by atoms with Gasteiger partial charge in [0.15, 0.2) is 0 Å². The van der Waals surface area contributed by atoms with Gasteiger partial charge >= 0.3 is 5.69 Å². The number of aromatic nitrogens is 2. The van der Waals surface area contributed by atoms with Gasteiger partial charge < -0.3 is 20.4 Å². The van der Waals surface area contributed by atoms with Crippen molar-refractivity contribution in [2.45, 2.75) is 6.54 Å². The molecule has 0 unspecified atom stereocenters. The topological polar surface area (TPSA) is 96.6 Å². The van der Waals surface area contributed by atoms with Crippen LogP contribution in [0.2, 0.25) is 0 Å². The number of piperazine rings is 1. The Balaban J connectivity index is 1.43. The van der Waals surface area contributed by atoms with Gasteiger partial charge in [-0.1, -0.05) is 12.1 Å². The molecule has 3 N–H and O–H groups in total. The van der Waals surface area contributed by atoms with Crippen molar-refractivity contribution in [3.63, 3.8) is 0 Å². The molecule has 1 saturated heterocycles. The van der Waals surface area contributed by atoms with E-state index in [9.17, 15) is 9.59 Å². The van der Waals surface area contributed by atoms with Crippen LogP contribution in [0.4, 0.5) is 11.4 Å². The zero-order valence-corrected chi connectivity index (χ0v) is 16.4. The summed E-state index contributed by atoms with van der Waals surface area (Å²) in [7, 11) is 1.68. The monoisotopic (exact) mass is 395 g/mol. The van der Waals surface area contributed by atoms with Crippen molar-refractivity contribution in [3.8, 4) is 5.75 Å². The second kappa shape index (κ2) is 8.00. The van der Waals surface area contributed by atoms with Gasteiger partial charge in [-0.3, -0.25) is 14.3 Å². The van der Waals surface area contributed by atoms with E-state index in [1.165, 1.54) is 4.57 Å². The number of H-pyrrole nitrogens is 1. The van der Waals surface area contributed by atoms with Crippen LogP contribution < -0.4 is 26.6 Å². The van der Waals surface area contributed by atoms with Crippen LogP contribution in [0.5, 0.6) is 5.75 Å². The predicted molar refractivity (Wildman–Crippen MR) is 115 cm³/mol.